The summed E-state index contributed by atoms with van der Waals surface area (Å²) in [4.78, 5) is 19.4. The van der Waals surface area contributed by atoms with Gasteiger partial charge < -0.3 is 10.1 Å². The van der Waals surface area contributed by atoms with Crippen LogP contribution in [0.2, 0.25) is 5.02 Å². The highest BCUT2D eigenvalue weighted by Crippen LogP contribution is 2.24. The number of nitrogens with one attached hydrogen (secondary N) is 1. The lowest BCUT2D eigenvalue weighted by atomic mass is 9.97. The van der Waals surface area contributed by atoms with Gasteiger partial charge in [0.05, 0.1) is 21.5 Å². The zero-order valence-electron chi connectivity index (χ0n) is 12.2. The standard InChI is InChI=1S/C17H15ClN2O2/c1-17(2,22)11-8-6-10(7-9-11)15-19-14-12(16(21)20-15)4-3-5-13(14)18/h3-9,22H,1-2H3,(H,19,20,21). The van der Waals surface area contributed by atoms with Crippen LogP contribution >= 0.6 is 11.6 Å². The predicted octanol–water partition coefficient (Wildman–Crippen LogP) is 3.47. The maximum atomic E-state index is 12.2. The number of hydrogen-bond acceptors (Lipinski definition) is 3. The minimum absolute atomic E-state index is 0.228. The summed E-state index contributed by atoms with van der Waals surface area (Å²) in [5.41, 5.74) is 0.888. The molecule has 0 spiro atoms. The summed E-state index contributed by atoms with van der Waals surface area (Å²) in [5, 5.41) is 10.9. The third-order valence-electron chi connectivity index (χ3n) is 3.55. The van der Waals surface area contributed by atoms with E-state index in [1.54, 1.807) is 32.0 Å². The smallest absolute Gasteiger partial charge is 0.259 e. The van der Waals surface area contributed by atoms with Gasteiger partial charge in [0.2, 0.25) is 0 Å². The SMILES string of the molecule is CC(C)(O)c1ccc(-c2nc3c(Cl)cccc3c(=O)[nH]2)cc1. The van der Waals surface area contributed by atoms with Gasteiger partial charge in [-0.25, -0.2) is 4.98 Å². The Morgan fingerprint density at radius 1 is 1.14 bits per heavy atom. The Hall–Kier alpha value is -2.17. The molecule has 5 heteroatoms. The predicted molar refractivity (Wildman–Crippen MR) is 88.1 cm³/mol. The van der Waals surface area contributed by atoms with Gasteiger partial charge in [0.1, 0.15) is 5.82 Å². The van der Waals surface area contributed by atoms with Crippen LogP contribution in [0.3, 0.4) is 0 Å². The Labute approximate surface area is 132 Å². The molecule has 4 nitrogen and oxygen atoms in total. The monoisotopic (exact) mass is 314 g/mol. The molecule has 3 rings (SSSR count). The molecule has 0 saturated heterocycles. The van der Waals surface area contributed by atoms with Crippen LogP contribution < -0.4 is 5.56 Å². The number of H-pyrrole nitrogens is 1. The maximum Gasteiger partial charge on any atom is 0.259 e. The van der Waals surface area contributed by atoms with E-state index in [4.69, 9.17) is 11.6 Å². The van der Waals surface area contributed by atoms with Gasteiger partial charge in [-0.3, -0.25) is 4.79 Å². The van der Waals surface area contributed by atoms with Crippen LogP contribution in [0.4, 0.5) is 0 Å². The van der Waals surface area contributed by atoms with Gasteiger partial charge in [-0.1, -0.05) is 41.9 Å². The van der Waals surface area contributed by atoms with Crippen molar-refractivity contribution >= 4 is 22.5 Å². The number of aromatic amines is 1. The van der Waals surface area contributed by atoms with Crippen molar-refractivity contribution in [3.05, 3.63) is 63.4 Å². The summed E-state index contributed by atoms with van der Waals surface area (Å²) in [5.74, 6) is 0.452. The molecule has 0 aliphatic carbocycles. The molecule has 112 valence electrons. The summed E-state index contributed by atoms with van der Waals surface area (Å²) < 4.78 is 0. The van der Waals surface area contributed by atoms with Crippen molar-refractivity contribution in [1.29, 1.82) is 0 Å². The molecular weight excluding hydrogens is 300 g/mol. The van der Waals surface area contributed by atoms with Crippen molar-refractivity contribution in [3.63, 3.8) is 0 Å². The molecule has 22 heavy (non-hydrogen) atoms. The summed E-state index contributed by atoms with van der Waals surface area (Å²) in [6.45, 7) is 3.44. The Balaban J connectivity index is 2.15. The molecule has 0 unspecified atom stereocenters. The fraction of sp³-hybridized carbons (Fsp3) is 0.176. The number of hydrogen-bond donors (Lipinski definition) is 2. The van der Waals surface area contributed by atoms with Crippen molar-refractivity contribution in [2.24, 2.45) is 0 Å². The lowest BCUT2D eigenvalue weighted by molar-refractivity contribution is 0.0786. The van der Waals surface area contributed by atoms with Gasteiger partial charge >= 0.3 is 0 Å². The molecule has 0 fully saturated rings. The first kappa shape index (κ1) is 14.8. The molecule has 1 heterocycles. The molecule has 0 saturated carbocycles. The number of aromatic nitrogens is 2. The number of para-hydroxylation sites is 1. The van der Waals surface area contributed by atoms with Crippen LogP contribution in [0.5, 0.6) is 0 Å². The average Bonchev–Trinajstić information content (AvgIpc) is 2.47. The highest BCUT2D eigenvalue weighted by atomic mass is 35.5. The van der Waals surface area contributed by atoms with Gasteiger partial charge in [-0.15, -0.1) is 0 Å². The van der Waals surface area contributed by atoms with Crippen LogP contribution in [-0.4, -0.2) is 15.1 Å². The molecule has 2 aromatic carbocycles. The van der Waals surface area contributed by atoms with Gasteiger partial charge in [0.15, 0.2) is 0 Å². The van der Waals surface area contributed by atoms with E-state index in [-0.39, 0.29) is 5.56 Å². The fourth-order valence-electron chi connectivity index (χ4n) is 2.30. The van der Waals surface area contributed by atoms with Crippen LogP contribution in [0.1, 0.15) is 19.4 Å². The van der Waals surface area contributed by atoms with E-state index in [2.05, 4.69) is 9.97 Å². The van der Waals surface area contributed by atoms with Crippen LogP contribution in [0.15, 0.2) is 47.3 Å². The van der Waals surface area contributed by atoms with Gasteiger partial charge in [0.25, 0.3) is 5.56 Å². The van der Waals surface area contributed by atoms with Gasteiger partial charge in [-0.2, -0.15) is 0 Å². The molecule has 0 radical (unpaired) electrons. The van der Waals surface area contributed by atoms with Gasteiger partial charge in [0, 0.05) is 5.56 Å². The minimum atomic E-state index is -0.911. The van der Waals surface area contributed by atoms with E-state index in [0.717, 1.165) is 11.1 Å². The first-order valence-corrected chi connectivity index (χ1v) is 7.26. The molecule has 1 aromatic heterocycles. The molecule has 0 atom stereocenters. The van der Waals surface area contributed by atoms with E-state index in [1.165, 1.54) is 0 Å². The molecule has 0 aliphatic heterocycles. The van der Waals surface area contributed by atoms with Gasteiger partial charge in [-0.05, 0) is 31.5 Å². The minimum Gasteiger partial charge on any atom is -0.386 e. The van der Waals surface area contributed by atoms with Crippen molar-refractivity contribution in [1.82, 2.24) is 9.97 Å². The zero-order chi connectivity index (χ0) is 15.9. The Kier molecular flexibility index (Phi) is 3.51. The third kappa shape index (κ3) is 2.63. The summed E-state index contributed by atoms with van der Waals surface area (Å²) in [7, 11) is 0. The number of fused-ring (bicyclic) bond motifs is 1. The van der Waals surface area contributed by atoms with Crippen LogP contribution in [0, 0.1) is 0 Å². The molecule has 0 bridgehead atoms. The van der Waals surface area contributed by atoms with Crippen LogP contribution in [-0.2, 0) is 5.60 Å². The number of nitrogens with zero attached hydrogens (tertiary/aromatic N) is 1. The largest absolute Gasteiger partial charge is 0.386 e. The van der Waals surface area contributed by atoms with E-state index < -0.39 is 5.60 Å². The third-order valence-corrected chi connectivity index (χ3v) is 3.86. The number of halogens is 1. The number of benzene rings is 2. The summed E-state index contributed by atoms with van der Waals surface area (Å²) in [6, 6.07) is 12.4. The Morgan fingerprint density at radius 2 is 1.82 bits per heavy atom. The first-order chi connectivity index (χ1) is 10.4. The second-order valence-electron chi connectivity index (χ2n) is 5.69. The molecule has 0 aliphatic rings. The normalized spacial score (nSPS) is 11.8. The zero-order valence-corrected chi connectivity index (χ0v) is 13.0. The lowest BCUT2D eigenvalue weighted by Gasteiger charge is -2.17. The van der Waals surface area contributed by atoms with Crippen LogP contribution in [0.25, 0.3) is 22.3 Å². The second kappa shape index (κ2) is 5.23. The fourth-order valence-corrected chi connectivity index (χ4v) is 2.52. The van der Waals surface area contributed by atoms with E-state index in [9.17, 15) is 9.90 Å². The highest BCUT2D eigenvalue weighted by Gasteiger charge is 2.16. The van der Waals surface area contributed by atoms with Crippen molar-refractivity contribution in [3.8, 4) is 11.4 Å². The topological polar surface area (TPSA) is 66.0 Å². The van der Waals surface area contributed by atoms with Crippen molar-refractivity contribution in [2.75, 3.05) is 0 Å². The number of rotatable bonds is 2. The Morgan fingerprint density at radius 3 is 2.45 bits per heavy atom. The number of aliphatic hydroxyl groups is 1. The average molecular weight is 315 g/mol. The molecule has 0 amide bonds. The van der Waals surface area contributed by atoms with E-state index in [1.807, 2.05) is 24.3 Å². The molecular formula is C17H15ClN2O2. The summed E-state index contributed by atoms with van der Waals surface area (Å²) in [6.07, 6.45) is 0. The lowest BCUT2D eigenvalue weighted by Crippen LogP contribution is -2.15. The quantitative estimate of drug-likeness (QED) is 0.761. The molecule has 2 N–H and O–H groups in total. The highest BCUT2D eigenvalue weighted by molar-refractivity contribution is 6.35. The van der Waals surface area contributed by atoms with Crippen molar-refractivity contribution < 1.29 is 5.11 Å². The Bertz CT molecular complexity index is 893. The van der Waals surface area contributed by atoms with Crippen molar-refractivity contribution in [2.45, 2.75) is 19.4 Å². The molecule has 3 aromatic rings. The maximum absolute atomic E-state index is 12.2. The second-order valence-corrected chi connectivity index (χ2v) is 6.09. The first-order valence-electron chi connectivity index (χ1n) is 6.88. The van der Waals surface area contributed by atoms with E-state index >= 15 is 0 Å². The summed E-state index contributed by atoms with van der Waals surface area (Å²) >= 11 is 6.13. The van der Waals surface area contributed by atoms with E-state index in [0.29, 0.717) is 21.7 Å².